The maximum absolute atomic E-state index is 10.6. The van der Waals surface area contributed by atoms with Crippen LogP contribution in [-0.4, -0.2) is 53.2 Å². The van der Waals surface area contributed by atoms with Crippen LogP contribution in [0.5, 0.6) is 0 Å². The molecule has 0 aliphatic carbocycles. The Morgan fingerprint density at radius 3 is 2.00 bits per heavy atom. The Morgan fingerprint density at radius 2 is 1.90 bits per heavy atom. The van der Waals surface area contributed by atoms with Crippen LogP contribution in [0.3, 0.4) is 0 Å². The molecular formula is C5H7NaO4. The van der Waals surface area contributed by atoms with Crippen LogP contribution in [0.15, 0.2) is 8.77 Å². The summed E-state index contributed by atoms with van der Waals surface area (Å²) in [6.07, 6.45) is 0. The van der Waals surface area contributed by atoms with Crippen LogP contribution < -0.4 is 0 Å². The number of methoxy groups -OCH3 is 2. The van der Waals surface area contributed by atoms with E-state index in [0.29, 0.717) is 27.9 Å². The molecule has 0 fully saturated rings. The standard InChI is InChI=1S/C5H7O4.Na/c1-8-4(3-6)5(7)9-2;/h6H,1-2H3;. The molecule has 0 aromatic rings. The molecule has 0 bridgehead atoms. The Kier molecular flexibility index (Phi) is 4.51. The van der Waals surface area contributed by atoms with Gasteiger partial charge in [-0.1, -0.05) is 0 Å². The fourth-order valence-corrected chi connectivity index (χ4v) is 0.880. The van der Waals surface area contributed by atoms with Gasteiger partial charge >= 0.3 is 76.3 Å². The van der Waals surface area contributed by atoms with Crippen LogP contribution in [-0.2, 0) is 14.3 Å². The number of ether oxygens (including phenoxy) is 2. The van der Waals surface area contributed by atoms with E-state index in [1.165, 1.54) is 14.2 Å². The molecule has 0 aliphatic heterocycles. The van der Waals surface area contributed by atoms with E-state index in [2.05, 4.69) is 9.47 Å². The number of rotatable bonds is 2. The Labute approximate surface area is 76.2 Å². The van der Waals surface area contributed by atoms with Crippen molar-refractivity contribution in [3.8, 4) is 0 Å². The molecule has 0 saturated heterocycles. The van der Waals surface area contributed by atoms with Crippen molar-refractivity contribution in [2.75, 3.05) is 14.2 Å². The van der Waals surface area contributed by atoms with E-state index >= 15 is 0 Å². The molecule has 52 valence electrons. The van der Waals surface area contributed by atoms with E-state index in [4.69, 9.17) is 5.11 Å². The summed E-state index contributed by atoms with van der Waals surface area (Å²) < 4.78 is 8.81. The van der Waals surface area contributed by atoms with Gasteiger partial charge in [0, 0.05) is 0 Å². The van der Waals surface area contributed by atoms with Gasteiger partial charge in [-0.25, -0.2) is 0 Å². The first kappa shape index (κ1) is 9.81. The van der Waals surface area contributed by atoms with Gasteiger partial charge in [-0.2, -0.15) is 0 Å². The molecule has 0 spiro atoms. The van der Waals surface area contributed by atoms with Gasteiger partial charge in [-0.15, -0.1) is 0 Å². The van der Waals surface area contributed by atoms with Gasteiger partial charge < -0.3 is 0 Å². The zero-order chi connectivity index (χ0) is 8.15. The van der Waals surface area contributed by atoms with Crippen molar-refractivity contribution < 1.29 is 19.4 Å². The molecule has 0 amide bonds. The second-order valence-electron chi connectivity index (χ2n) is 1.61. The Morgan fingerprint density at radius 1 is 1.40 bits per heavy atom. The second kappa shape index (κ2) is 4.60. The zero-order valence-corrected chi connectivity index (χ0v) is 8.17. The average molecular weight is 154 g/mol. The van der Waals surface area contributed by atoms with Crippen LogP contribution in [0.1, 0.15) is 0 Å². The van der Waals surface area contributed by atoms with Gasteiger partial charge in [0.2, 0.25) is 0 Å². The van der Waals surface area contributed by atoms with Gasteiger partial charge in [0.25, 0.3) is 0 Å². The fourth-order valence-electron chi connectivity index (χ4n) is 0.471. The van der Waals surface area contributed by atoms with Crippen molar-refractivity contribution in [1.29, 1.82) is 0 Å². The summed E-state index contributed by atoms with van der Waals surface area (Å²) in [5.74, 6) is -0.746. The first-order chi connectivity index (χ1) is 4.63. The van der Waals surface area contributed by atoms with Crippen molar-refractivity contribution in [2.24, 2.45) is 0 Å². The van der Waals surface area contributed by atoms with E-state index in [9.17, 15) is 4.79 Å². The number of aliphatic hydroxyl groups is 1. The van der Waals surface area contributed by atoms with E-state index in [0.717, 1.165) is 0 Å². The number of aliphatic hydroxyl groups excluding tert-OH is 1. The number of hydrogen-bond donors (Lipinski definition) is 1. The molecule has 0 heterocycles. The minimum absolute atomic E-state index is 0.0469. The first-order valence-corrected chi connectivity index (χ1v) is 3.65. The summed E-state index contributed by atoms with van der Waals surface area (Å²) >= 11 is 0.374. The van der Waals surface area contributed by atoms with Crippen LogP contribution in [0.25, 0.3) is 0 Å². The van der Waals surface area contributed by atoms with Gasteiger partial charge in [0.15, 0.2) is 0 Å². The molecule has 1 N–H and O–H groups in total. The summed E-state index contributed by atoms with van der Waals surface area (Å²) in [6.45, 7) is 0. The normalized spacial score (nSPS) is 12.0. The Bertz CT molecular complexity index is 159. The minimum atomic E-state index is -0.644. The van der Waals surface area contributed by atoms with E-state index < -0.39 is 5.97 Å². The molecule has 0 rings (SSSR count). The van der Waals surface area contributed by atoms with Gasteiger partial charge in [0.05, 0.1) is 0 Å². The molecule has 0 aliphatic rings. The Balaban J connectivity index is 4.37. The molecular weight excluding hydrogens is 147 g/mol. The maximum atomic E-state index is 10.6. The number of esters is 1. The molecule has 10 heavy (non-hydrogen) atoms. The van der Waals surface area contributed by atoms with E-state index in [1.807, 2.05) is 0 Å². The van der Waals surface area contributed by atoms with Crippen molar-refractivity contribution in [1.82, 2.24) is 0 Å². The molecule has 4 nitrogen and oxygen atoms in total. The summed E-state index contributed by atoms with van der Waals surface area (Å²) in [6, 6.07) is 0. The van der Waals surface area contributed by atoms with Crippen molar-refractivity contribution >= 4 is 33.9 Å². The van der Waals surface area contributed by atoms with E-state index in [1.54, 1.807) is 0 Å². The summed E-state index contributed by atoms with van der Waals surface area (Å²) in [5, 5.41) is 8.83. The quantitative estimate of drug-likeness (QED) is 0.257. The second-order valence-corrected chi connectivity index (χ2v) is 2.56. The van der Waals surface area contributed by atoms with Crippen molar-refractivity contribution in [3.63, 3.8) is 0 Å². The SMILES string of the molecule is COC(=O)C(OC)=[C](O)[Na]. The summed E-state index contributed by atoms with van der Waals surface area (Å²) in [5.41, 5.74) is 0. The molecule has 0 radical (unpaired) electrons. The van der Waals surface area contributed by atoms with Gasteiger partial charge in [0.1, 0.15) is 0 Å². The topological polar surface area (TPSA) is 55.8 Å². The molecule has 0 aromatic heterocycles. The third-order valence-electron chi connectivity index (χ3n) is 0.904. The van der Waals surface area contributed by atoms with Crippen LogP contribution in [0, 0.1) is 0 Å². The summed E-state index contributed by atoms with van der Waals surface area (Å²) in [7, 11) is 2.53. The van der Waals surface area contributed by atoms with Crippen LogP contribution in [0.4, 0.5) is 0 Å². The molecule has 0 aromatic carbocycles. The fraction of sp³-hybridized carbons (Fsp3) is 0.400. The molecule has 5 heteroatoms. The molecule has 0 unspecified atom stereocenters. The van der Waals surface area contributed by atoms with Crippen LogP contribution >= 0.6 is 0 Å². The number of hydrogen-bond acceptors (Lipinski definition) is 4. The Hall–Kier alpha value is -0.190. The van der Waals surface area contributed by atoms with Crippen molar-refractivity contribution in [3.05, 3.63) is 8.77 Å². The zero-order valence-electron chi connectivity index (χ0n) is 6.17. The van der Waals surface area contributed by atoms with Crippen molar-refractivity contribution in [2.45, 2.75) is 0 Å². The monoisotopic (exact) mass is 154 g/mol. The average Bonchev–Trinajstić information content (AvgIpc) is 1.88. The summed E-state index contributed by atoms with van der Waals surface area (Å²) in [4.78, 5) is 10.6. The third kappa shape index (κ3) is 2.60. The predicted molar refractivity (Wildman–Crippen MR) is 34.4 cm³/mol. The number of carbonyl (C=O) groups is 1. The van der Waals surface area contributed by atoms with Crippen LogP contribution in [0.2, 0.25) is 0 Å². The van der Waals surface area contributed by atoms with Gasteiger partial charge in [-0.05, 0) is 0 Å². The van der Waals surface area contributed by atoms with E-state index in [-0.39, 0.29) is 8.77 Å². The predicted octanol–water partition coefficient (Wildman–Crippen LogP) is -0.299. The van der Waals surface area contributed by atoms with Gasteiger partial charge in [-0.3, -0.25) is 0 Å². The molecule has 0 saturated carbocycles. The first-order valence-electron chi connectivity index (χ1n) is 2.65. The number of carbonyl (C=O) groups excluding carboxylic acids is 1. The third-order valence-corrected chi connectivity index (χ3v) is 1.36. The molecule has 0 atom stereocenters.